The van der Waals surface area contributed by atoms with Gasteiger partial charge in [-0.05, 0) is 37.8 Å². The number of amides is 1. The number of benzene rings is 1. The van der Waals surface area contributed by atoms with Gasteiger partial charge in [-0.25, -0.2) is 0 Å². The van der Waals surface area contributed by atoms with E-state index in [9.17, 15) is 4.79 Å². The van der Waals surface area contributed by atoms with Crippen LogP contribution in [0, 0.1) is 19.8 Å². The number of carbonyl (C=O) groups excluding carboxylic acids is 1. The maximum atomic E-state index is 13.0. The van der Waals surface area contributed by atoms with Gasteiger partial charge in [0.05, 0.1) is 0 Å². The first-order valence-corrected chi connectivity index (χ1v) is 9.62. The van der Waals surface area contributed by atoms with Gasteiger partial charge in [0.15, 0.2) is 0 Å². The number of aryl methyl sites for hydroxylation is 2. The first kappa shape index (κ1) is 17.4. The summed E-state index contributed by atoms with van der Waals surface area (Å²) in [5, 5.41) is 0.212. The van der Waals surface area contributed by atoms with Gasteiger partial charge in [-0.3, -0.25) is 4.79 Å². The molecule has 1 aliphatic rings. The number of hydrogen-bond acceptors (Lipinski definition) is 2. The summed E-state index contributed by atoms with van der Waals surface area (Å²) in [6.07, 6.45) is 4.31. The second kappa shape index (κ2) is 8.05. The topological polar surface area (TPSA) is 20.3 Å². The molecule has 1 heterocycles. The van der Waals surface area contributed by atoms with Crippen molar-refractivity contribution < 1.29 is 4.79 Å². The highest BCUT2D eigenvalue weighted by Crippen LogP contribution is 2.40. The molecule has 0 aliphatic carbocycles. The molecule has 3 heteroatoms. The Morgan fingerprint density at radius 3 is 2.77 bits per heavy atom. The third-order valence-electron chi connectivity index (χ3n) is 4.61. The van der Waals surface area contributed by atoms with Crippen LogP contribution in [-0.2, 0) is 4.79 Å². The predicted molar refractivity (Wildman–Crippen MR) is 96.1 cm³/mol. The van der Waals surface area contributed by atoms with Gasteiger partial charge in [0.2, 0.25) is 5.91 Å². The molecule has 1 amide bonds. The average molecular weight is 320 g/mol. The van der Waals surface area contributed by atoms with E-state index in [-0.39, 0.29) is 11.3 Å². The zero-order chi connectivity index (χ0) is 16.1. The van der Waals surface area contributed by atoms with E-state index in [0.29, 0.717) is 5.91 Å². The van der Waals surface area contributed by atoms with Crippen molar-refractivity contribution in [2.45, 2.75) is 58.8 Å². The monoisotopic (exact) mass is 319 g/mol. The summed E-state index contributed by atoms with van der Waals surface area (Å²) in [6.45, 7) is 9.52. The zero-order valence-electron chi connectivity index (χ0n) is 14.4. The molecule has 1 aromatic rings. The lowest BCUT2D eigenvalue weighted by atomic mass is 9.97. The van der Waals surface area contributed by atoms with Crippen LogP contribution in [0.5, 0.6) is 0 Å². The van der Waals surface area contributed by atoms with Gasteiger partial charge in [0.25, 0.3) is 0 Å². The highest BCUT2D eigenvalue weighted by atomic mass is 32.2. The standard InChI is InChI=1S/C19H29NOS/c1-5-7-8-16(6-2)18(21)20-11-12-22-19(20)17-10-9-14(3)13-15(17)4/h9-10,13,16,19H,5-8,11-12H2,1-4H3/t16-,19-/m0/s1. The molecule has 0 bridgehead atoms. The Bertz CT molecular complexity index is 514. The molecule has 1 aromatic carbocycles. The number of thioether (sulfide) groups is 1. The molecule has 0 spiro atoms. The Morgan fingerprint density at radius 2 is 2.14 bits per heavy atom. The van der Waals surface area contributed by atoms with Crippen LogP contribution in [0.2, 0.25) is 0 Å². The molecule has 0 unspecified atom stereocenters. The fourth-order valence-electron chi connectivity index (χ4n) is 3.24. The van der Waals surface area contributed by atoms with Gasteiger partial charge in [0, 0.05) is 18.2 Å². The molecular weight excluding hydrogens is 290 g/mol. The minimum atomic E-state index is 0.201. The van der Waals surface area contributed by atoms with Gasteiger partial charge in [-0.1, -0.05) is 50.5 Å². The van der Waals surface area contributed by atoms with Crippen LogP contribution in [0.15, 0.2) is 18.2 Å². The first-order chi connectivity index (χ1) is 10.6. The lowest BCUT2D eigenvalue weighted by Crippen LogP contribution is -2.35. The van der Waals surface area contributed by atoms with Gasteiger partial charge >= 0.3 is 0 Å². The zero-order valence-corrected chi connectivity index (χ0v) is 15.2. The van der Waals surface area contributed by atoms with Crippen molar-refractivity contribution in [1.29, 1.82) is 0 Å². The van der Waals surface area contributed by atoms with Crippen LogP contribution in [0.25, 0.3) is 0 Å². The summed E-state index contributed by atoms with van der Waals surface area (Å²) in [6, 6.07) is 6.60. The van der Waals surface area contributed by atoms with Crippen molar-refractivity contribution in [3.63, 3.8) is 0 Å². The van der Waals surface area contributed by atoms with E-state index in [1.165, 1.54) is 23.1 Å². The van der Waals surface area contributed by atoms with Crippen LogP contribution in [0.1, 0.15) is 61.6 Å². The molecule has 122 valence electrons. The van der Waals surface area contributed by atoms with E-state index in [1.54, 1.807) is 0 Å². The molecular formula is C19H29NOS. The smallest absolute Gasteiger partial charge is 0.226 e. The number of unbranched alkanes of at least 4 members (excludes halogenated alkanes) is 1. The van der Waals surface area contributed by atoms with Crippen LogP contribution in [0.3, 0.4) is 0 Å². The van der Waals surface area contributed by atoms with Crippen LogP contribution in [0.4, 0.5) is 0 Å². The van der Waals surface area contributed by atoms with E-state index >= 15 is 0 Å². The fourth-order valence-corrected chi connectivity index (χ4v) is 4.60. The SMILES string of the molecule is CCCC[C@H](CC)C(=O)N1CCS[C@H]1c1ccc(C)cc1C. The lowest BCUT2D eigenvalue weighted by Gasteiger charge is -2.29. The van der Waals surface area contributed by atoms with E-state index in [2.05, 4.69) is 50.8 Å². The van der Waals surface area contributed by atoms with Crippen molar-refractivity contribution in [3.8, 4) is 0 Å². The Hall–Kier alpha value is -0.960. The quantitative estimate of drug-likeness (QED) is 0.727. The predicted octanol–water partition coefficient (Wildman–Crippen LogP) is 5.09. The van der Waals surface area contributed by atoms with E-state index in [4.69, 9.17) is 0 Å². The number of hydrogen-bond donors (Lipinski definition) is 0. The molecule has 2 rings (SSSR count). The molecule has 22 heavy (non-hydrogen) atoms. The second-order valence-electron chi connectivity index (χ2n) is 6.36. The van der Waals surface area contributed by atoms with E-state index in [0.717, 1.165) is 31.6 Å². The van der Waals surface area contributed by atoms with Crippen molar-refractivity contribution >= 4 is 17.7 Å². The first-order valence-electron chi connectivity index (χ1n) is 8.57. The highest BCUT2D eigenvalue weighted by molar-refractivity contribution is 7.99. The molecule has 1 aliphatic heterocycles. The minimum Gasteiger partial charge on any atom is -0.325 e. The molecule has 0 N–H and O–H groups in total. The summed E-state index contributed by atoms with van der Waals surface area (Å²) >= 11 is 1.91. The van der Waals surface area contributed by atoms with Crippen LogP contribution >= 0.6 is 11.8 Å². The summed E-state index contributed by atoms with van der Waals surface area (Å²) in [5.74, 6) is 1.62. The molecule has 1 saturated heterocycles. The average Bonchev–Trinajstić information content (AvgIpc) is 2.97. The number of nitrogens with zero attached hydrogens (tertiary/aromatic N) is 1. The molecule has 0 radical (unpaired) electrons. The largest absolute Gasteiger partial charge is 0.325 e. The van der Waals surface area contributed by atoms with Crippen molar-refractivity contribution in [2.24, 2.45) is 5.92 Å². The molecule has 0 saturated carbocycles. The minimum absolute atomic E-state index is 0.201. The fraction of sp³-hybridized carbons (Fsp3) is 0.632. The second-order valence-corrected chi connectivity index (χ2v) is 7.55. The van der Waals surface area contributed by atoms with Crippen molar-refractivity contribution in [1.82, 2.24) is 4.90 Å². The molecule has 2 atom stereocenters. The lowest BCUT2D eigenvalue weighted by molar-refractivity contribution is -0.136. The normalized spacial score (nSPS) is 19.5. The van der Waals surface area contributed by atoms with Crippen molar-refractivity contribution in [3.05, 3.63) is 34.9 Å². The van der Waals surface area contributed by atoms with E-state index in [1.807, 2.05) is 11.8 Å². The molecule has 0 aromatic heterocycles. The number of carbonyl (C=O) groups is 1. The summed E-state index contributed by atoms with van der Waals surface area (Å²) in [7, 11) is 0. The summed E-state index contributed by atoms with van der Waals surface area (Å²) < 4.78 is 0. The third kappa shape index (κ3) is 3.87. The van der Waals surface area contributed by atoms with Gasteiger partial charge < -0.3 is 4.90 Å². The van der Waals surface area contributed by atoms with Crippen molar-refractivity contribution in [2.75, 3.05) is 12.3 Å². The van der Waals surface area contributed by atoms with Crippen LogP contribution in [-0.4, -0.2) is 23.1 Å². The Kier molecular flexibility index (Phi) is 6.37. The molecule has 1 fully saturated rings. The van der Waals surface area contributed by atoms with Gasteiger partial charge in [0.1, 0.15) is 5.37 Å². The Morgan fingerprint density at radius 1 is 1.36 bits per heavy atom. The number of rotatable bonds is 6. The van der Waals surface area contributed by atoms with Crippen LogP contribution < -0.4 is 0 Å². The summed E-state index contributed by atoms with van der Waals surface area (Å²) in [4.78, 5) is 15.1. The Labute approximate surface area is 139 Å². The molecule has 2 nitrogen and oxygen atoms in total. The summed E-state index contributed by atoms with van der Waals surface area (Å²) in [5.41, 5.74) is 3.90. The highest BCUT2D eigenvalue weighted by Gasteiger charge is 2.34. The van der Waals surface area contributed by atoms with Gasteiger partial charge in [-0.2, -0.15) is 0 Å². The third-order valence-corrected chi connectivity index (χ3v) is 5.86. The van der Waals surface area contributed by atoms with Gasteiger partial charge in [-0.15, -0.1) is 11.8 Å². The maximum Gasteiger partial charge on any atom is 0.226 e. The Balaban J connectivity index is 2.17. The van der Waals surface area contributed by atoms with E-state index < -0.39 is 0 Å². The maximum absolute atomic E-state index is 13.0.